The number of anilines is 1. The second-order valence-electron chi connectivity index (χ2n) is 3.98. The summed E-state index contributed by atoms with van der Waals surface area (Å²) in [5, 5.41) is 10.8. The Kier molecular flexibility index (Phi) is 5.10. The average Bonchev–Trinajstić information content (AvgIpc) is 2.46. The lowest BCUT2D eigenvalue weighted by Gasteiger charge is -2.10. The minimum absolute atomic E-state index is 0.0267. The van der Waals surface area contributed by atoms with Crippen molar-refractivity contribution in [2.45, 2.75) is 6.61 Å². The highest BCUT2D eigenvalue weighted by Gasteiger charge is 2.15. The van der Waals surface area contributed by atoms with Crippen LogP contribution in [0, 0.1) is 10.1 Å². The summed E-state index contributed by atoms with van der Waals surface area (Å²) in [4.78, 5) is 14.3. The van der Waals surface area contributed by atoms with Crippen molar-refractivity contribution in [1.29, 1.82) is 0 Å². The monoisotopic (exact) mass is 416 g/mol. The van der Waals surface area contributed by atoms with Crippen LogP contribution in [0.15, 0.2) is 39.4 Å². The second kappa shape index (κ2) is 6.83. The van der Waals surface area contributed by atoms with Crippen LogP contribution in [-0.2, 0) is 6.61 Å². The predicted octanol–water partition coefficient (Wildman–Crippen LogP) is 3.38. The van der Waals surface area contributed by atoms with Gasteiger partial charge in [-0.3, -0.25) is 10.1 Å². The third-order valence-corrected chi connectivity index (χ3v) is 3.73. The van der Waals surface area contributed by atoms with Crippen LogP contribution in [0.1, 0.15) is 5.56 Å². The number of hydrogen-bond acceptors (Lipinski definition) is 6. The van der Waals surface area contributed by atoms with Crippen LogP contribution in [0.25, 0.3) is 0 Å². The summed E-state index contributed by atoms with van der Waals surface area (Å²) in [7, 11) is 0. The summed E-state index contributed by atoms with van der Waals surface area (Å²) in [5.41, 5.74) is 3.24. The largest absolute Gasteiger partial charge is 0.486 e. The van der Waals surface area contributed by atoms with E-state index in [9.17, 15) is 10.1 Å². The van der Waals surface area contributed by atoms with Crippen LogP contribution in [0.3, 0.4) is 0 Å². The molecule has 0 aliphatic heterocycles. The molecule has 1 heterocycles. The topological polar surface area (TPSA) is 103 Å². The average molecular weight is 418 g/mol. The lowest BCUT2D eigenvalue weighted by molar-refractivity contribution is -0.385. The van der Waals surface area contributed by atoms with Crippen molar-refractivity contribution in [3.8, 4) is 5.75 Å². The zero-order valence-electron chi connectivity index (χ0n) is 10.5. The Morgan fingerprint density at radius 2 is 2.00 bits per heavy atom. The Bertz CT molecular complexity index is 641. The summed E-state index contributed by atoms with van der Waals surface area (Å²) < 4.78 is 6.65. The number of benzene rings is 1. The van der Waals surface area contributed by atoms with Crippen molar-refractivity contribution in [1.82, 2.24) is 4.98 Å². The van der Waals surface area contributed by atoms with Gasteiger partial charge in [0.15, 0.2) is 0 Å². The molecule has 0 spiro atoms. The van der Waals surface area contributed by atoms with E-state index in [0.29, 0.717) is 20.5 Å². The summed E-state index contributed by atoms with van der Waals surface area (Å²) in [6, 6.07) is 6.31. The molecule has 3 N–H and O–H groups in total. The molecule has 110 valence electrons. The number of non-ortho nitro benzene ring substituents is 1. The number of rotatable bonds is 5. The van der Waals surface area contributed by atoms with Crippen LogP contribution >= 0.6 is 31.9 Å². The van der Waals surface area contributed by atoms with Gasteiger partial charge in [0.1, 0.15) is 18.2 Å². The number of pyridine rings is 1. The number of ether oxygens (including phenoxy) is 1. The standard InChI is InChI=1S/C12H10Br2N4O3/c13-9-3-8(18(19)20)4-10(14)12(9)21-6-7-1-2-11(17-15)16-5-7/h1-5H,6,15H2,(H,16,17). The molecule has 2 aromatic rings. The molecule has 2 rings (SSSR count). The highest BCUT2D eigenvalue weighted by Crippen LogP contribution is 2.37. The molecular weight excluding hydrogens is 408 g/mol. The normalized spacial score (nSPS) is 10.2. The zero-order valence-corrected chi connectivity index (χ0v) is 13.7. The number of hydrogen-bond donors (Lipinski definition) is 2. The first-order valence-electron chi connectivity index (χ1n) is 5.69. The third kappa shape index (κ3) is 3.90. The number of nitrogens with zero attached hydrogens (tertiary/aromatic N) is 2. The number of nitrogens with one attached hydrogen (secondary N) is 1. The molecule has 7 nitrogen and oxygen atoms in total. The van der Waals surface area contributed by atoms with Crippen molar-refractivity contribution in [2.75, 3.05) is 5.43 Å². The van der Waals surface area contributed by atoms with E-state index in [1.54, 1.807) is 12.3 Å². The highest BCUT2D eigenvalue weighted by atomic mass is 79.9. The number of nitrogens with two attached hydrogens (primary N) is 1. The highest BCUT2D eigenvalue weighted by molar-refractivity contribution is 9.11. The van der Waals surface area contributed by atoms with Gasteiger partial charge in [0, 0.05) is 23.9 Å². The fourth-order valence-electron chi connectivity index (χ4n) is 1.54. The smallest absolute Gasteiger partial charge is 0.271 e. The minimum atomic E-state index is -0.470. The van der Waals surface area contributed by atoms with Gasteiger partial charge in [-0.05, 0) is 37.9 Å². The van der Waals surface area contributed by atoms with Gasteiger partial charge in [-0.25, -0.2) is 10.8 Å². The van der Waals surface area contributed by atoms with Crippen molar-refractivity contribution in [3.63, 3.8) is 0 Å². The molecule has 1 aromatic heterocycles. The SMILES string of the molecule is NNc1ccc(COc2c(Br)cc([N+](=O)[O-])cc2Br)cn1. The van der Waals surface area contributed by atoms with E-state index in [0.717, 1.165) is 5.56 Å². The van der Waals surface area contributed by atoms with Gasteiger partial charge >= 0.3 is 0 Å². The second-order valence-corrected chi connectivity index (χ2v) is 5.69. The molecule has 0 radical (unpaired) electrons. The summed E-state index contributed by atoms with van der Waals surface area (Å²) in [6.07, 6.45) is 1.63. The van der Waals surface area contributed by atoms with E-state index in [1.165, 1.54) is 12.1 Å². The van der Waals surface area contributed by atoms with E-state index in [-0.39, 0.29) is 12.3 Å². The molecule has 9 heteroatoms. The Hall–Kier alpha value is -1.71. The molecule has 0 aliphatic rings. The number of nitro benzene ring substituents is 1. The van der Waals surface area contributed by atoms with Gasteiger partial charge in [-0.1, -0.05) is 6.07 Å². The number of aromatic nitrogens is 1. The Morgan fingerprint density at radius 1 is 1.33 bits per heavy atom. The summed E-state index contributed by atoms with van der Waals surface area (Å²) >= 11 is 6.52. The maximum atomic E-state index is 10.8. The predicted molar refractivity (Wildman–Crippen MR) is 84.9 cm³/mol. The van der Waals surface area contributed by atoms with Crippen molar-refractivity contribution < 1.29 is 9.66 Å². The summed E-state index contributed by atoms with van der Waals surface area (Å²) in [5.74, 6) is 6.27. The van der Waals surface area contributed by atoms with Gasteiger partial charge in [-0.15, -0.1) is 0 Å². The van der Waals surface area contributed by atoms with E-state index >= 15 is 0 Å². The lowest BCUT2D eigenvalue weighted by atomic mass is 10.3. The molecule has 21 heavy (non-hydrogen) atoms. The minimum Gasteiger partial charge on any atom is -0.486 e. The van der Waals surface area contributed by atoms with Crippen LogP contribution in [0.4, 0.5) is 11.5 Å². The molecule has 0 fully saturated rings. The molecule has 0 bridgehead atoms. The fourth-order valence-corrected chi connectivity index (χ4v) is 2.93. The summed E-state index contributed by atoms with van der Waals surface area (Å²) in [6.45, 7) is 0.271. The van der Waals surface area contributed by atoms with Crippen molar-refractivity contribution >= 4 is 43.4 Å². The molecular formula is C12H10Br2N4O3. The molecule has 0 saturated carbocycles. The molecule has 0 saturated heterocycles. The van der Waals surface area contributed by atoms with Crippen LogP contribution in [0.5, 0.6) is 5.75 Å². The molecule has 0 aliphatic carbocycles. The van der Waals surface area contributed by atoms with Crippen LogP contribution in [-0.4, -0.2) is 9.91 Å². The third-order valence-electron chi connectivity index (χ3n) is 2.55. The van der Waals surface area contributed by atoms with E-state index < -0.39 is 4.92 Å². The quantitative estimate of drug-likeness (QED) is 0.439. The number of nitro groups is 1. The first kappa shape index (κ1) is 15.7. The first-order chi connectivity index (χ1) is 10.0. The Balaban J connectivity index is 2.14. The van der Waals surface area contributed by atoms with Crippen molar-refractivity contribution in [2.24, 2.45) is 5.84 Å². The van der Waals surface area contributed by atoms with Gasteiger partial charge in [0.05, 0.1) is 13.9 Å². The van der Waals surface area contributed by atoms with E-state index in [2.05, 4.69) is 42.3 Å². The maximum Gasteiger partial charge on any atom is 0.271 e. The first-order valence-corrected chi connectivity index (χ1v) is 7.27. The fraction of sp³-hybridized carbons (Fsp3) is 0.0833. The number of halogens is 2. The zero-order chi connectivity index (χ0) is 15.4. The van der Waals surface area contributed by atoms with Crippen LogP contribution in [0.2, 0.25) is 0 Å². The number of hydrazine groups is 1. The van der Waals surface area contributed by atoms with Gasteiger partial charge in [-0.2, -0.15) is 0 Å². The van der Waals surface area contributed by atoms with E-state index in [4.69, 9.17) is 10.6 Å². The molecule has 0 atom stereocenters. The molecule has 1 aromatic carbocycles. The Labute approximate surface area is 136 Å². The molecule has 0 amide bonds. The van der Waals surface area contributed by atoms with Crippen LogP contribution < -0.4 is 16.0 Å². The number of nitrogen functional groups attached to an aromatic ring is 1. The van der Waals surface area contributed by atoms with Crippen molar-refractivity contribution in [3.05, 3.63) is 55.1 Å². The van der Waals surface area contributed by atoms with Gasteiger partial charge in [0.2, 0.25) is 0 Å². The van der Waals surface area contributed by atoms with Gasteiger partial charge in [0.25, 0.3) is 5.69 Å². The lowest BCUT2D eigenvalue weighted by Crippen LogP contribution is -2.08. The maximum absolute atomic E-state index is 10.8. The van der Waals surface area contributed by atoms with Gasteiger partial charge < -0.3 is 10.2 Å². The Morgan fingerprint density at radius 3 is 2.48 bits per heavy atom. The van der Waals surface area contributed by atoms with E-state index in [1.807, 2.05) is 6.07 Å². The molecule has 0 unspecified atom stereocenters.